The van der Waals surface area contributed by atoms with Gasteiger partial charge in [-0.05, 0) is 46.6 Å². The fraction of sp³-hybridized carbons (Fsp3) is 0.545. The minimum Gasteiger partial charge on any atom is -0.457 e. The van der Waals surface area contributed by atoms with E-state index in [-0.39, 0.29) is 55.0 Å². The zero-order valence-corrected chi connectivity index (χ0v) is 17.4. The summed E-state index contributed by atoms with van der Waals surface area (Å²) >= 11 is 0. The van der Waals surface area contributed by atoms with Gasteiger partial charge in [-0.2, -0.15) is 0 Å². The van der Waals surface area contributed by atoms with Crippen LogP contribution in [-0.4, -0.2) is 46.2 Å². The molecule has 29 heavy (non-hydrogen) atoms. The molecule has 0 aromatic carbocycles. The molecule has 0 saturated carbocycles. The second-order valence-corrected chi connectivity index (χ2v) is 8.07. The maximum atomic E-state index is 12.5. The lowest BCUT2D eigenvalue weighted by Crippen LogP contribution is -2.33. The number of hydrogen-bond acceptors (Lipinski definition) is 5. The summed E-state index contributed by atoms with van der Waals surface area (Å²) in [6.07, 6.45) is 4.87. The number of likely N-dealkylation sites (tertiary alicyclic amines) is 1. The SMILES string of the molecule is Cc1cc(C(=O)COC(=O)CCN2C(=O)[C@H]3CC=CC[C@@H]3C2=O)c(C)n1C(C)C. The number of ketones is 1. The van der Waals surface area contributed by atoms with Gasteiger partial charge in [0.05, 0.1) is 18.3 Å². The summed E-state index contributed by atoms with van der Waals surface area (Å²) in [5, 5.41) is 0. The van der Waals surface area contributed by atoms with Crippen LogP contribution in [0.4, 0.5) is 0 Å². The Bertz CT molecular complexity index is 854. The van der Waals surface area contributed by atoms with Gasteiger partial charge in [0.1, 0.15) is 0 Å². The number of Topliss-reactive ketones (excluding diaryl/α,β-unsaturated/α-hetero) is 1. The van der Waals surface area contributed by atoms with Gasteiger partial charge in [0.25, 0.3) is 0 Å². The number of hydrogen-bond donors (Lipinski definition) is 0. The number of allylic oxidation sites excluding steroid dienone is 2. The normalized spacial score (nSPS) is 21.1. The number of aromatic nitrogens is 1. The summed E-state index contributed by atoms with van der Waals surface area (Å²) in [6.45, 7) is 7.55. The number of ether oxygens (including phenoxy) is 1. The van der Waals surface area contributed by atoms with Crippen molar-refractivity contribution >= 4 is 23.6 Å². The van der Waals surface area contributed by atoms with Gasteiger partial charge in [-0.15, -0.1) is 0 Å². The molecule has 2 aliphatic rings. The fourth-order valence-electron chi connectivity index (χ4n) is 4.44. The van der Waals surface area contributed by atoms with Crippen LogP contribution in [0.2, 0.25) is 0 Å². The topological polar surface area (TPSA) is 85.7 Å². The van der Waals surface area contributed by atoms with Crippen molar-refractivity contribution in [1.82, 2.24) is 9.47 Å². The molecule has 7 nitrogen and oxygen atoms in total. The molecule has 0 N–H and O–H groups in total. The first kappa shape index (κ1) is 21.0. The van der Waals surface area contributed by atoms with Crippen molar-refractivity contribution in [3.05, 3.63) is 35.2 Å². The summed E-state index contributed by atoms with van der Waals surface area (Å²) in [4.78, 5) is 50.5. The summed E-state index contributed by atoms with van der Waals surface area (Å²) in [5.41, 5.74) is 2.38. The Hall–Kier alpha value is -2.70. The minimum atomic E-state index is -0.593. The first-order chi connectivity index (χ1) is 13.7. The van der Waals surface area contributed by atoms with Crippen LogP contribution in [0.3, 0.4) is 0 Å². The predicted octanol–water partition coefficient (Wildman–Crippen LogP) is 2.75. The average Bonchev–Trinajstić information content (AvgIpc) is 3.12. The van der Waals surface area contributed by atoms with Crippen molar-refractivity contribution in [3.63, 3.8) is 0 Å². The van der Waals surface area contributed by atoms with Gasteiger partial charge in [-0.25, -0.2) is 0 Å². The molecule has 2 atom stereocenters. The van der Waals surface area contributed by atoms with Gasteiger partial charge in [0, 0.05) is 29.5 Å². The largest absolute Gasteiger partial charge is 0.457 e. The number of aryl methyl sites for hydroxylation is 1. The van der Waals surface area contributed by atoms with E-state index < -0.39 is 5.97 Å². The van der Waals surface area contributed by atoms with Crippen molar-refractivity contribution in [2.75, 3.05) is 13.2 Å². The molecule has 1 aliphatic heterocycles. The third-order valence-electron chi connectivity index (χ3n) is 5.80. The fourth-order valence-corrected chi connectivity index (χ4v) is 4.44. The first-order valence-electron chi connectivity index (χ1n) is 10.1. The Morgan fingerprint density at radius 2 is 1.69 bits per heavy atom. The highest BCUT2D eigenvalue weighted by Gasteiger charge is 2.46. The lowest BCUT2D eigenvalue weighted by Gasteiger charge is -2.14. The molecule has 0 spiro atoms. The summed E-state index contributed by atoms with van der Waals surface area (Å²) in [6, 6.07) is 2.04. The number of nitrogens with zero attached hydrogens (tertiary/aromatic N) is 2. The number of esters is 1. The van der Waals surface area contributed by atoms with Gasteiger partial charge < -0.3 is 9.30 Å². The van der Waals surface area contributed by atoms with Crippen LogP contribution in [0.15, 0.2) is 18.2 Å². The maximum Gasteiger partial charge on any atom is 0.308 e. The molecular weight excluding hydrogens is 372 g/mol. The molecule has 1 aliphatic carbocycles. The number of amides is 2. The quantitative estimate of drug-likeness (QED) is 0.304. The smallest absolute Gasteiger partial charge is 0.308 e. The Labute approximate surface area is 170 Å². The first-order valence-corrected chi connectivity index (χ1v) is 10.1. The molecule has 1 aromatic rings. The van der Waals surface area contributed by atoms with E-state index in [0.717, 1.165) is 11.4 Å². The molecule has 1 fully saturated rings. The van der Waals surface area contributed by atoms with Gasteiger partial charge in [-0.3, -0.25) is 24.1 Å². The monoisotopic (exact) mass is 400 g/mol. The Morgan fingerprint density at radius 1 is 1.10 bits per heavy atom. The number of fused-ring (bicyclic) bond motifs is 1. The van der Waals surface area contributed by atoms with E-state index in [2.05, 4.69) is 4.57 Å². The van der Waals surface area contributed by atoms with Crippen LogP contribution >= 0.6 is 0 Å². The maximum absolute atomic E-state index is 12.5. The molecule has 3 rings (SSSR count). The summed E-state index contributed by atoms with van der Waals surface area (Å²) in [5.74, 6) is -1.89. The molecule has 0 radical (unpaired) electrons. The van der Waals surface area contributed by atoms with Gasteiger partial charge in [-0.1, -0.05) is 12.2 Å². The van der Waals surface area contributed by atoms with E-state index in [4.69, 9.17) is 4.74 Å². The van der Waals surface area contributed by atoms with Crippen molar-refractivity contribution in [3.8, 4) is 0 Å². The van der Waals surface area contributed by atoms with Crippen LogP contribution < -0.4 is 0 Å². The summed E-state index contributed by atoms with van der Waals surface area (Å²) < 4.78 is 7.18. The minimum absolute atomic E-state index is 0.000444. The van der Waals surface area contributed by atoms with Crippen LogP contribution in [0.25, 0.3) is 0 Å². The Balaban J connectivity index is 1.52. The molecule has 7 heteroatoms. The Kier molecular flexibility index (Phi) is 6.05. The van der Waals surface area contributed by atoms with E-state index in [1.807, 2.05) is 45.9 Å². The number of carbonyl (C=O) groups is 4. The lowest BCUT2D eigenvalue weighted by molar-refractivity contribution is -0.145. The highest BCUT2D eigenvalue weighted by molar-refractivity contribution is 6.05. The predicted molar refractivity (Wildman–Crippen MR) is 106 cm³/mol. The van der Waals surface area contributed by atoms with E-state index in [9.17, 15) is 19.2 Å². The van der Waals surface area contributed by atoms with Crippen LogP contribution in [0.1, 0.15) is 60.9 Å². The third kappa shape index (κ3) is 4.04. The second-order valence-electron chi connectivity index (χ2n) is 8.07. The molecule has 2 amide bonds. The van der Waals surface area contributed by atoms with Crippen LogP contribution in [0.5, 0.6) is 0 Å². The number of rotatable bonds is 7. The van der Waals surface area contributed by atoms with Gasteiger partial charge in [0.2, 0.25) is 17.6 Å². The van der Waals surface area contributed by atoms with Crippen molar-refractivity contribution < 1.29 is 23.9 Å². The lowest BCUT2D eigenvalue weighted by atomic mass is 9.85. The van der Waals surface area contributed by atoms with E-state index in [0.29, 0.717) is 18.4 Å². The second kappa shape index (κ2) is 8.35. The summed E-state index contributed by atoms with van der Waals surface area (Å²) in [7, 11) is 0. The van der Waals surface area contributed by atoms with E-state index in [1.54, 1.807) is 0 Å². The van der Waals surface area contributed by atoms with Crippen molar-refractivity contribution in [2.45, 2.75) is 53.0 Å². The van der Waals surface area contributed by atoms with E-state index >= 15 is 0 Å². The standard InChI is InChI=1S/C22H28N2O5/c1-13(2)24-14(3)11-18(15(24)4)19(25)12-29-20(26)9-10-23-21(27)16-7-5-6-8-17(16)22(23)28/h5-6,11,13,16-17H,7-10,12H2,1-4H3/t16-,17-/m0/s1. The van der Waals surface area contributed by atoms with Crippen molar-refractivity contribution in [2.24, 2.45) is 11.8 Å². The highest BCUT2D eigenvalue weighted by atomic mass is 16.5. The zero-order valence-electron chi connectivity index (χ0n) is 17.4. The van der Waals surface area contributed by atoms with E-state index in [1.165, 1.54) is 4.90 Å². The molecule has 2 heterocycles. The zero-order chi connectivity index (χ0) is 21.3. The number of imide groups is 1. The average molecular weight is 400 g/mol. The molecule has 0 unspecified atom stereocenters. The van der Waals surface area contributed by atoms with Gasteiger partial charge >= 0.3 is 5.97 Å². The number of carbonyl (C=O) groups excluding carboxylic acids is 4. The van der Waals surface area contributed by atoms with Gasteiger partial charge in [0.15, 0.2) is 6.61 Å². The molecule has 1 saturated heterocycles. The molecule has 156 valence electrons. The third-order valence-corrected chi connectivity index (χ3v) is 5.80. The molecule has 1 aromatic heterocycles. The molecule has 0 bridgehead atoms. The van der Waals surface area contributed by atoms with Crippen LogP contribution in [-0.2, 0) is 19.1 Å². The highest BCUT2D eigenvalue weighted by Crippen LogP contribution is 2.35. The molecular formula is C22H28N2O5. The van der Waals surface area contributed by atoms with Crippen LogP contribution in [0, 0.1) is 25.7 Å². The van der Waals surface area contributed by atoms with Crippen molar-refractivity contribution in [1.29, 1.82) is 0 Å². The Morgan fingerprint density at radius 3 is 2.21 bits per heavy atom.